The molecule has 0 aliphatic heterocycles. The van der Waals surface area contributed by atoms with Gasteiger partial charge in [-0.15, -0.1) is 6.42 Å². The molecule has 1 aromatic rings. The van der Waals surface area contributed by atoms with Crippen molar-refractivity contribution in [3.63, 3.8) is 0 Å². The lowest BCUT2D eigenvalue weighted by atomic mass is 9.79. The molecule has 0 amide bonds. The molecule has 0 unspecified atom stereocenters. The van der Waals surface area contributed by atoms with Gasteiger partial charge in [0.15, 0.2) is 0 Å². The SMILES string of the molecule is C#CCN[C@@H](CC1CCC1)c1ccc(F)cc1. The van der Waals surface area contributed by atoms with Crippen LogP contribution in [0.1, 0.15) is 37.3 Å². The fourth-order valence-electron chi connectivity index (χ4n) is 2.28. The van der Waals surface area contributed by atoms with Crippen LogP contribution in [-0.2, 0) is 0 Å². The van der Waals surface area contributed by atoms with Crippen molar-refractivity contribution < 1.29 is 4.39 Å². The minimum Gasteiger partial charge on any atom is -0.299 e. The average Bonchev–Trinajstić information content (AvgIpc) is 2.28. The lowest BCUT2D eigenvalue weighted by molar-refractivity contribution is 0.264. The van der Waals surface area contributed by atoms with Crippen molar-refractivity contribution in [3.8, 4) is 12.3 Å². The van der Waals surface area contributed by atoms with Crippen molar-refractivity contribution in [2.24, 2.45) is 5.92 Å². The van der Waals surface area contributed by atoms with Crippen molar-refractivity contribution in [2.45, 2.75) is 31.7 Å². The number of hydrogen-bond donors (Lipinski definition) is 1. The molecular formula is C15H18FN. The largest absolute Gasteiger partial charge is 0.299 e. The van der Waals surface area contributed by atoms with E-state index in [1.807, 2.05) is 12.1 Å². The summed E-state index contributed by atoms with van der Waals surface area (Å²) in [6, 6.07) is 6.99. The molecule has 2 rings (SSSR count). The first-order valence-electron chi connectivity index (χ1n) is 6.22. The van der Waals surface area contributed by atoms with Crippen molar-refractivity contribution >= 4 is 0 Å². The number of terminal acetylenes is 1. The maximum Gasteiger partial charge on any atom is 0.123 e. The van der Waals surface area contributed by atoms with E-state index in [-0.39, 0.29) is 11.9 Å². The molecule has 1 aliphatic rings. The Morgan fingerprint density at radius 3 is 2.59 bits per heavy atom. The highest BCUT2D eigenvalue weighted by Gasteiger charge is 2.22. The van der Waals surface area contributed by atoms with Crippen LogP contribution in [0.5, 0.6) is 0 Å². The lowest BCUT2D eigenvalue weighted by Gasteiger charge is -2.30. The van der Waals surface area contributed by atoms with E-state index in [0.29, 0.717) is 6.54 Å². The molecule has 2 heteroatoms. The van der Waals surface area contributed by atoms with Crippen LogP contribution < -0.4 is 5.32 Å². The van der Waals surface area contributed by atoms with Gasteiger partial charge in [-0.1, -0.05) is 37.3 Å². The van der Waals surface area contributed by atoms with E-state index in [0.717, 1.165) is 17.9 Å². The normalized spacial score (nSPS) is 17.2. The van der Waals surface area contributed by atoms with Crippen LogP contribution in [-0.4, -0.2) is 6.54 Å². The Morgan fingerprint density at radius 1 is 1.35 bits per heavy atom. The molecule has 1 aromatic carbocycles. The van der Waals surface area contributed by atoms with Gasteiger partial charge in [-0.05, 0) is 30.0 Å². The van der Waals surface area contributed by atoms with E-state index in [1.54, 1.807) is 0 Å². The van der Waals surface area contributed by atoms with Crippen molar-refractivity contribution in [3.05, 3.63) is 35.6 Å². The highest BCUT2D eigenvalue weighted by molar-refractivity contribution is 5.20. The minimum atomic E-state index is -0.187. The summed E-state index contributed by atoms with van der Waals surface area (Å²) in [7, 11) is 0. The number of hydrogen-bond acceptors (Lipinski definition) is 1. The van der Waals surface area contributed by atoms with Gasteiger partial charge in [0.1, 0.15) is 5.82 Å². The van der Waals surface area contributed by atoms with Gasteiger partial charge < -0.3 is 0 Å². The van der Waals surface area contributed by atoms with E-state index in [4.69, 9.17) is 6.42 Å². The summed E-state index contributed by atoms with van der Waals surface area (Å²) in [5.74, 6) is 3.22. The monoisotopic (exact) mass is 231 g/mol. The third kappa shape index (κ3) is 3.31. The first-order valence-corrected chi connectivity index (χ1v) is 6.22. The molecule has 1 fully saturated rings. The van der Waals surface area contributed by atoms with Gasteiger partial charge in [0.25, 0.3) is 0 Å². The third-order valence-electron chi connectivity index (χ3n) is 3.52. The molecule has 1 atom stereocenters. The van der Waals surface area contributed by atoms with Crippen LogP contribution in [0.3, 0.4) is 0 Å². The molecule has 17 heavy (non-hydrogen) atoms. The molecule has 0 radical (unpaired) electrons. The summed E-state index contributed by atoms with van der Waals surface area (Å²) >= 11 is 0. The smallest absolute Gasteiger partial charge is 0.123 e. The second-order valence-corrected chi connectivity index (χ2v) is 4.72. The molecule has 0 aromatic heterocycles. The topological polar surface area (TPSA) is 12.0 Å². The summed E-state index contributed by atoms with van der Waals surface area (Å²) in [5, 5.41) is 3.35. The molecule has 1 saturated carbocycles. The second kappa shape index (κ2) is 5.84. The van der Waals surface area contributed by atoms with E-state index in [9.17, 15) is 4.39 Å². The van der Waals surface area contributed by atoms with Crippen LogP contribution in [0.25, 0.3) is 0 Å². The zero-order valence-electron chi connectivity index (χ0n) is 9.95. The summed E-state index contributed by atoms with van der Waals surface area (Å²) in [5.41, 5.74) is 1.13. The average molecular weight is 231 g/mol. The summed E-state index contributed by atoms with van der Waals surface area (Å²) in [4.78, 5) is 0. The van der Waals surface area contributed by atoms with E-state index >= 15 is 0 Å². The first kappa shape index (κ1) is 12.1. The Labute approximate surface area is 102 Å². The summed E-state index contributed by atoms with van der Waals surface area (Å²) < 4.78 is 12.9. The fraction of sp³-hybridized carbons (Fsp3) is 0.467. The highest BCUT2D eigenvalue weighted by Crippen LogP contribution is 2.34. The molecule has 90 valence electrons. The lowest BCUT2D eigenvalue weighted by Crippen LogP contribution is -2.26. The van der Waals surface area contributed by atoms with Crippen LogP contribution in [0, 0.1) is 24.1 Å². The maximum absolute atomic E-state index is 12.9. The van der Waals surface area contributed by atoms with E-state index < -0.39 is 0 Å². The summed E-state index contributed by atoms with van der Waals surface area (Å²) in [6.07, 6.45) is 10.4. The Hall–Kier alpha value is -1.33. The van der Waals surface area contributed by atoms with Gasteiger partial charge in [0.2, 0.25) is 0 Å². The van der Waals surface area contributed by atoms with Crippen LogP contribution in [0.15, 0.2) is 24.3 Å². The summed E-state index contributed by atoms with van der Waals surface area (Å²) in [6.45, 7) is 0.564. The van der Waals surface area contributed by atoms with Crippen LogP contribution >= 0.6 is 0 Å². The molecule has 1 nitrogen and oxygen atoms in total. The van der Waals surface area contributed by atoms with Gasteiger partial charge in [-0.25, -0.2) is 4.39 Å². The molecule has 0 heterocycles. The second-order valence-electron chi connectivity index (χ2n) is 4.72. The quantitative estimate of drug-likeness (QED) is 0.767. The van der Waals surface area contributed by atoms with Gasteiger partial charge in [-0.2, -0.15) is 0 Å². The highest BCUT2D eigenvalue weighted by atomic mass is 19.1. The molecule has 0 spiro atoms. The number of rotatable bonds is 5. The molecular weight excluding hydrogens is 213 g/mol. The minimum absolute atomic E-state index is 0.187. The maximum atomic E-state index is 12.9. The Balaban J connectivity index is 2.02. The van der Waals surface area contributed by atoms with Gasteiger partial charge in [0.05, 0.1) is 6.54 Å². The van der Waals surface area contributed by atoms with Crippen molar-refractivity contribution in [1.29, 1.82) is 0 Å². The van der Waals surface area contributed by atoms with Crippen molar-refractivity contribution in [2.75, 3.05) is 6.54 Å². The molecule has 0 saturated heterocycles. The molecule has 1 N–H and O–H groups in total. The Kier molecular flexibility index (Phi) is 4.17. The first-order chi connectivity index (χ1) is 8.29. The zero-order chi connectivity index (χ0) is 12.1. The standard InChI is InChI=1S/C15H18FN/c1-2-10-17-15(11-12-4-3-5-12)13-6-8-14(16)9-7-13/h1,6-9,12,15,17H,3-5,10-11H2/t15-/m0/s1. The number of nitrogens with one attached hydrogen (secondary N) is 1. The predicted molar refractivity (Wildman–Crippen MR) is 67.9 cm³/mol. The van der Waals surface area contributed by atoms with Gasteiger partial charge in [-0.3, -0.25) is 5.32 Å². The van der Waals surface area contributed by atoms with Crippen molar-refractivity contribution in [1.82, 2.24) is 5.32 Å². The zero-order valence-corrected chi connectivity index (χ0v) is 9.95. The van der Waals surface area contributed by atoms with E-state index in [1.165, 1.54) is 31.4 Å². The third-order valence-corrected chi connectivity index (χ3v) is 3.52. The Bertz CT molecular complexity index is 386. The number of halogens is 1. The van der Waals surface area contributed by atoms with Gasteiger partial charge >= 0.3 is 0 Å². The van der Waals surface area contributed by atoms with Gasteiger partial charge in [0, 0.05) is 6.04 Å². The Morgan fingerprint density at radius 2 is 2.06 bits per heavy atom. The van der Waals surface area contributed by atoms with Crippen LogP contribution in [0.4, 0.5) is 4.39 Å². The molecule has 0 bridgehead atoms. The fourth-order valence-corrected chi connectivity index (χ4v) is 2.28. The molecule has 1 aliphatic carbocycles. The predicted octanol–water partition coefficient (Wildman–Crippen LogP) is 3.28. The van der Waals surface area contributed by atoms with Crippen LogP contribution in [0.2, 0.25) is 0 Å². The van der Waals surface area contributed by atoms with E-state index in [2.05, 4.69) is 11.2 Å². The number of benzene rings is 1.